The first kappa shape index (κ1) is 22.1. The number of aromatic nitrogens is 1. The van der Waals surface area contributed by atoms with Gasteiger partial charge < -0.3 is 14.3 Å². The normalized spacial score (nSPS) is 14.0. The van der Waals surface area contributed by atoms with Crippen molar-refractivity contribution in [1.29, 1.82) is 0 Å². The fourth-order valence-corrected chi connectivity index (χ4v) is 4.79. The minimum Gasteiger partial charge on any atom is -0.367 e. The number of rotatable bonds is 4. The van der Waals surface area contributed by atoms with Crippen LogP contribution in [0.1, 0.15) is 16.1 Å². The van der Waals surface area contributed by atoms with E-state index in [0.717, 1.165) is 26.8 Å². The monoisotopic (exact) mass is 475 g/mol. The maximum Gasteiger partial charge on any atom is 0.259 e. The van der Waals surface area contributed by atoms with Crippen LogP contribution in [0.4, 0.5) is 11.4 Å². The lowest BCUT2D eigenvalue weighted by molar-refractivity contribution is -0.428. The molecule has 0 unspecified atom stereocenters. The van der Waals surface area contributed by atoms with Crippen molar-refractivity contribution in [1.82, 2.24) is 10.1 Å². The van der Waals surface area contributed by atoms with Crippen LogP contribution in [0.15, 0.2) is 65.2 Å². The zero-order valence-electron chi connectivity index (χ0n) is 19.0. The van der Waals surface area contributed by atoms with Crippen molar-refractivity contribution < 1.29 is 14.1 Å². The van der Waals surface area contributed by atoms with E-state index in [-0.39, 0.29) is 5.91 Å². The van der Waals surface area contributed by atoms with Crippen molar-refractivity contribution >= 4 is 39.7 Å². The lowest BCUT2D eigenvalue weighted by atomic mass is 9.98. The van der Waals surface area contributed by atoms with Gasteiger partial charge in [-0.15, -0.1) is 0 Å². The first-order chi connectivity index (χ1) is 16.4. The fraction of sp³-hybridized carbons (Fsp3) is 0.231. The van der Waals surface area contributed by atoms with Crippen LogP contribution in [-0.2, 0) is 0 Å². The molecule has 3 aromatic carbocycles. The van der Waals surface area contributed by atoms with Crippen LogP contribution in [0.2, 0.25) is 5.02 Å². The number of piperazine rings is 1. The Morgan fingerprint density at radius 2 is 1.76 bits per heavy atom. The maximum atomic E-state index is 13.6. The highest BCUT2D eigenvalue weighted by Gasteiger charge is 2.30. The van der Waals surface area contributed by atoms with Gasteiger partial charge in [-0.2, -0.15) is 0 Å². The number of hydrogen-bond donors (Lipinski definition) is 0. The molecule has 1 aliphatic heterocycles. The van der Waals surface area contributed by atoms with E-state index in [1.165, 1.54) is 7.05 Å². The van der Waals surface area contributed by atoms with Crippen LogP contribution in [0.3, 0.4) is 0 Å². The van der Waals surface area contributed by atoms with Crippen molar-refractivity contribution in [2.24, 2.45) is 0 Å². The van der Waals surface area contributed by atoms with Gasteiger partial charge in [-0.25, -0.2) is 0 Å². The van der Waals surface area contributed by atoms with Gasteiger partial charge in [0.15, 0.2) is 7.05 Å². The average molecular weight is 476 g/mol. The fourth-order valence-electron chi connectivity index (χ4n) is 4.50. The van der Waals surface area contributed by atoms with E-state index in [9.17, 15) is 9.70 Å². The standard InChI is InChI=1S/C26H24ClN4O3/c1-17-24(25(28-34-17)21-9-5-7-18-6-3-4-8-20(18)21)26(32)31-14-12-30(13-15-31)23-11-10-19(29(2)33)16-22(23)27/h3-11,16H,12-15H2,1-2H3/q+1. The third-order valence-electron chi connectivity index (χ3n) is 6.32. The van der Waals surface area contributed by atoms with Crippen LogP contribution >= 0.6 is 11.6 Å². The first-order valence-electron chi connectivity index (χ1n) is 11.1. The summed E-state index contributed by atoms with van der Waals surface area (Å²) >= 11 is 6.44. The molecule has 0 atom stereocenters. The van der Waals surface area contributed by atoms with Crippen molar-refractivity contribution in [3.05, 3.63) is 81.9 Å². The Morgan fingerprint density at radius 1 is 1.03 bits per heavy atom. The number of anilines is 1. The van der Waals surface area contributed by atoms with Gasteiger partial charge in [-0.05, 0) is 23.8 Å². The number of nitroso groups, excluding NO2 is 1. The summed E-state index contributed by atoms with van der Waals surface area (Å²) < 4.78 is 6.27. The second kappa shape index (κ2) is 8.91. The predicted octanol–water partition coefficient (Wildman–Crippen LogP) is 5.46. The Labute approximate surface area is 202 Å². The second-order valence-electron chi connectivity index (χ2n) is 8.40. The van der Waals surface area contributed by atoms with E-state index in [0.29, 0.717) is 53.9 Å². The van der Waals surface area contributed by atoms with E-state index in [1.807, 2.05) is 53.4 Å². The summed E-state index contributed by atoms with van der Waals surface area (Å²) in [6.07, 6.45) is 0. The summed E-state index contributed by atoms with van der Waals surface area (Å²) in [4.78, 5) is 29.1. The average Bonchev–Trinajstić information content (AvgIpc) is 3.24. The third-order valence-corrected chi connectivity index (χ3v) is 6.63. The Morgan fingerprint density at radius 3 is 2.50 bits per heavy atom. The van der Waals surface area contributed by atoms with Gasteiger partial charge in [0.05, 0.1) is 10.7 Å². The van der Waals surface area contributed by atoms with Gasteiger partial charge in [0.1, 0.15) is 17.0 Å². The Bertz CT molecular complexity index is 1400. The lowest BCUT2D eigenvalue weighted by Gasteiger charge is -2.36. The van der Waals surface area contributed by atoms with Gasteiger partial charge in [0.2, 0.25) is 0 Å². The van der Waals surface area contributed by atoms with Crippen molar-refractivity contribution in [2.75, 3.05) is 38.1 Å². The molecule has 7 nitrogen and oxygen atoms in total. The summed E-state index contributed by atoms with van der Waals surface area (Å²) in [6.45, 7) is 4.12. The number of hydrogen-bond acceptors (Lipinski definition) is 5. The van der Waals surface area contributed by atoms with Crippen LogP contribution in [0.25, 0.3) is 22.0 Å². The smallest absolute Gasteiger partial charge is 0.259 e. The minimum absolute atomic E-state index is 0.0873. The second-order valence-corrected chi connectivity index (χ2v) is 8.81. The molecule has 1 fully saturated rings. The highest BCUT2D eigenvalue weighted by atomic mass is 35.5. The van der Waals surface area contributed by atoms with Gasteiger partial charge in [0, 0.05) is 53.5 Å². The highest BCUT2D eigenvalue weighted by Crippen LogP contribution is 2.33. The molecule has 8 heteroatoms. The van der Waals surface area contributed by atoms with E-state index >= 15 is 0 Å². The molecule has 1 saturated heterocycles. The number of carbonyl (C=O) groups is 1. The quantitative estimate of drug-likeness (QED) is 0.366. The molecule has 0 aliphatic carbocycles. The van der Waals surface area contributed by atoms with E-state index in [4.69, 9.17) is 16.1 Å². The highest BCUT2D eigenvalue weighted by molar-refractivity contribution is 6.33. The van der Waals surface area contributed by atoms with Crippen molar-refractivity contribution in [2.45, 2.75) is 6.92 Å². The molecule has 172 valence electrons. The summed E-state index contributed by atoms with van der Waals surface area (Å²) in [7, 11) is 1.44. The molecule has 34 heavy (non-hydrogen) atoms. The maximum absolute atomic E-state index is 13.6. The zero-order valence-corrected chi connectivity index (χ0v) is 19.7. The molecule has 2 heterocycles. The first-order valence-corrected chi connectivity index (χ1v) is 11.5. The molecular weight excluding hydrogens is 452 g/mol. The van der Waals surface area contributed by atoms with Crippen LogP contribution in [0, 0.1) is 11.8 Å². The van der Waals surface area contributed by atoms with Gasteiger partial charge in [-0.3, -0.25) is 4.79 Å². The molecule has 1 aromatic heterocycles. The van der Waals surface area contributed by atoms with E-state index in [2.05, 4.69) is 10.1 Å². The Kier molecular flexibility index (Phi) is 5.79. The predicted molar refractivity (Wildman–Crippen MR) is 133 cm³/mol. The summed E-state index contributed by atoms with van der Waals surface area (Å²) in [5.41, 5.74) is 3.32. The summed E-state index contributed by atoms with van der Waals surface area (Å²) in [6, 6.07) is 19.3. The number of halogens is 1. The lowest BCUT2D eigenvalue weighted by Crippen LogP contribution is -2.49. The molecule has 1 aliphatic rings. The number of benzene rings is 3. The molecular formula is C26H24ClN4O3+. The van der Waals surface area contributed by atoms with Crippen LogP contribution in [0.5, 0.6) is 0 Å². The Hall–Kier alpha value is -3.71. The SMILES string of the molecule is Cc1onc(-c2cccc3ccccc23)c1C(=O)N1CCN(c2ccc([N+](C)=O)cc2Cl)CC1. The molecule has 5 rings (SSSR count). The van der Waals surface area contributed by atoms with Gasteiger partial charge in [0.25, 0.3) is 11.6 Å². The van der Waals surface area contributed by atoms with Crippen LogP contribution < -0.4 is 4.90 Å². The molecule has 0 radical (unpaired) electrons. The molecule has 0 saturated carbocycles. The number of carbonyl (C=O) groups excluding carboxylic acids is 1. The minimum atomic E-state index is -0.0873. The Balaban J connectivity index is 1.38. The summed E-state index contributed by atoms with van der Waals surface area (Å²) in [5.74, 6) is 0.423. The zero-order chi connectivity index (χ0) is 23.8. The van der Waals surface area contributed by atoms with Gasteiger partial charge in [-0.1, -0.05) is 59.2 Å². The molecule has 1 amide bonds. The van der Waals surface area contributed by atoms with Crippen LogP contribution in [-0.4, -0.2) is 54.0 Å². The number of amides is 1. The topological polar surface area (TPSA) is 69.7 Å². The molecule has 0 N–H and O–H groups in total. The number of aryl methyl sites for hydroxylation is 1. The van der Waals surface area contributed by atoms with E-state index < -0.39 is 0 Å². The summed E-state index contributed by atoms with van der Waals surface area (Å²) in [5, 5.41) is 6.90. The van der Waals surface area contributed by atoms with Crippen molar-refractivity contribution in [3.8, 4) is 11.3 Å². The van der Waals surface area contributed by atoms with Gasteiger partial charge >= 0.3 is 0 Å². The number of nitrogens with zero attached hydrogens (tertiary/aromatic N) is 4. The molecule has 0 spiro atoms. The third kappa shape index (κ3) is 3.92. The number of fused-ring (bicyclic) bond motifs is 1. The largest absolute Gasteiger partial charge is 0.367 e. The van der Waals surface area contributed by atoms with E-state index in [1.54, 1.807) is 19.1 Å². The molecule has 0 bridgehead atoms. The molecule has 4 aromatic rings. The van der Waals surface area contributed by atoms with Crippen molar-refractivity contribution in [3.63, 3.8) is 0 Å².